The summed E-state index contributed by atoms with van der Waals surface area (Å²) in [5.41, 5.74) is 0. The van der Waals surface area contributed by atoms with Crippen molar-refractivity contribution in [3.63, 3.8) is 0 Å². The van der Waals surface area contributed by atoms with E-state index in [1.807, 2.05) is 0 Å². The van der Waals surface area contributed by atoms with Crippen molar-refractivity contribution in [1.29, 1.82) is 0 Å². The Bertz CT molecular complexity index is 126. The fourth-order valence-electron chi connectivity index (χ4n) is 0.415. The molecule has 0 aromatic carbocycles. The van der Waals surface area contributed by atoms with E-state index < -0.39 is 5.97 Å². The van der Waals surface area contributed by atoms with Crippen LogP contribution in [0.15, 0.2) is 0 Å². The summed E-state index contributed by atoms with van der Waals surface area (Å²) < 4.78 is 8.84. The highest BCUT2D eigenvalue weighted by Gasteiger charge is 2.00. The maximum absolute atomic E-state index is 10.6. The Morgan fingerprint density at radius 1 is 1.45 bits per heavy atom. The van der Waals surface area contributed by atoms with Crippen molar-refractivity contribution in [2.75, 3.05) is 19.1 Å². The van der Waals surface area contributed by atoms with Crippen LogP contribution in [0.5, 0.6) is 0 Å². The second kappa shape index (κ2) is 7.34. The number of ether oxygens (including phenoxy) is 2. The minimum Gasteiger partial charge on any atom is -0.467 e. The van der Waals surface area contributed by atoms with Gasteiger partial charge in [-0.2, -0.15) is 0 Å². The predicted molar refractivity (Wildman–Crippen MR) is 38.3 cm³/mol. The molecule has 0 N–H and O–H groups in total. The number of rotatable bonds is 6. The lowest BCUT2D eigenvalue weighted by Crippen LogP contribution is -2.09. The topological polar surface area (TPSA) is 52.6 Å². The highest BCUT2D eigenvalue weighted by molar-refractivity contribution is 6.18. The fraction of sp³-hybridized carbons (Fsp3) is 0.667. The lowest BCUT2D eigenvalue weighted by molar-refractivity contribution is -0.145. The van der Waals surface area contributed by atoms with Crippen LogP contribution in [0.3, 0.4) is 0 Å². The molecule has 0 atom stereocenters. The van der Waals surface area contributed by atoms with Crippen LogP contribution in [-0.4, -0.2) is 31.5 Å². The second-order valence-electron chi connectivity index (χ2n) is 1.63. The molecule has 0 aliphatic heterocycles. The van der Waals surface area contributed by atoms with Crippen LogP contribution >= 0.6 is 11.6 Å². The van der Waals surface area contributed by atoms with E-state index in [1.54, 1.807) is 0 Å². The Labute approximate surface area is 69.4 Å². The van der Waals surface area contributed by atoms with Crippen LogP contribution < -0.4 is 0 Å². The first-order chi connectivity index (χ1) is 5.31. The van der Waals surface area contributed by atoms with E-state index in [0.29, 0.717) is 0 Å². The first kappa shape index (κ1) is 10.2. The van der Waals surface area contributed by atoms with Gasteiger partial charge in [0, 0.05) is 0 Å². The van der Waals surface area contributed by atoms with Gasteiger partial charge in [0.25, 0.3) is 6.47 Å². The van der Waals surface area contributed by atoms with Crippen LogP contribution in [0.2, 0.25) is 0 Å². The maximum Gasteiger partial charge on any atom is 0.309 e. The molecule has 0 heterocycles. The molecule has 0 aliphatic carbocycles. The van der Waals surface area contributed by atoms with E-state index in [0.717, 1.165) is 0 Å². The molecule has 64 valence electrons. The molecule has 0 fully saturated rings. The molecule has 4 nitrogen and oxygen atoms in total. The third kappa shape index (κ3) is 7.12. The van der Waals surface area contributed by atoms with Gasteiger partial charge in [-0.05, 0) is 0 Å². The third-order valence-electron chi connectivity index (χ3n) is 0.832. The predicted octanol–water partition coefficient (Wildman–Crippen LogP) is 0.331. The van der Waals surface area contributed by atoms with Gasteiger partial charge in [-0.15, -0.1) is 11.6 Å². The quantitative estimate of drug-likeness (QED) is 0.256. The van der Waals surface area contributed by atoms with Gasteiger partial charge in [-0.1, -0.05) is 0 Å². The molecule has 0 bridgehead atoms. The molecule has 0 aliphatic rings. The minimum absolute atomic E-state index is 0.0601. The Hall–Kier alpha value is -0.770. The van der Waals surface area contributed by atoms with Gasteiger partial charge in [-0.25, -0.2) is 0 Å². The first-order valence-electron chi connectivity index (χ1n) is 3.08. The van der Waals surface area contributed by atoms with Crippen molar-refractivity contribution in [3.8, 4) is 0 Å². The summed E-state index contributed by atoms with van der Waals surface area (Å²) in [6.45, 7) is 0.543. The highest BCUT2D eigenvalue weighted by atomic mass is 35.5. The molecule has 0 aromatic rings. The molecule has 5 heteroatoms. The van der Waals surface area contributed by atoms with E-state index in [-0.39, 0.29) is 32.0 Å². The number of carbonyl (C=O) groups excluding carboxylic acids is 2. The average molecular weight is 181 g/mol. The van der Waals surface area contributed by atoms with Crippen LogP contribution in [0.1, 0.15) is 6.42 Å². The third-order valence-corrected chi connectivity index (χ3v) is 0.987. The summed E-state index contributed by atoms with van der Waals surface area (Å²) in [4.78, 5) is 20.2. The summed E-state index contributed by atoms with van der Waals surface area (Å²) in [5, 5.41) is 0. The van der Waals surface area contributed by atoms with Crippen molar-refractivity contribution >= 4 is 24.0 Å². The number of alkyl halides is 1. The number of esters is 1. The van der Waals surface area contributed by atoms with Gasteiger partial charge < -0.3 is 9.47 Å². The summed E-state index contributed by atoms with van der Waals surface area (Å²) in [6.07, 6.45) is 0.0790. The van der Waals surface area contributed by atoms with Crippen LogP contribution in [0.4, 0.5) is 0 Å². The fourth-order valence-corrected chi connectivity index (χ4v) is 0.492. The van der Waals surface area contributed by atoms with Crippen LogP contribution in [0.25, 0.3) is 0 Å². The second-order valence-corrected chi connectivity index (χ2v) is 2.00. The lowest BCUT2D eigenvalue weighted by Gasteiger charge is -2.00. The van der Waals surface area contributed by atoms with Crippen molar-refractivity contribution in [3.05, 3.63) is 0 Å². The zero-order chi connectivity index (χ0) is 8.53. The van der Waals surface area contributed by atoms with E-state index in [9.17, 15) is 9.59 Å². The Morgan fingerprint density at radius 2 is 2.18 bits per heavy atom. The SMILES string of the molecule is O=COCCC(=O)OCCCl. The van der Waals surface area contributed by atoms with E-state index in [4.69, 9.17) is 11.6 Å². The van der Waals surface area contributed by atoms with Crippen LogP contribution in [0, 0.1) is 0 Å². The Morgan fingerprint density at radius 3 is 2.73 bits per heavy atom. The first-order valence-corrected chi connectivity index (χ1v) is 3.61. The van der Waals surface area contributed by atoms with E-state index in [2.05, 4.69) is 9.47 Å². The summed E-state index contributed by atoms with van der Waals surface area (Å²) >= 11 is 5.24. The molecular formula is C6H9ClO4. The van der Waals surface area contributed by atoms with Crippen LogP contribution in [-0.2, 0) is 19.1 Å². The number of hydrogen-bond donors (Lipinski definition) is 0. The molecule has 11 heavy (non-hydrogen) atoms. The Kier molecular flexibility index (Phi) is 6.82. The Balaban J connectivity index is 3.15. The van der Waals surface area contributed by atoms with Gasteiger partial charge in [0.1, 0.15) is 13.2 Å². The number of carbonyl (C=O) groups is 2. The molecule has 0 spiro atoms. The van der Waals surface area contributed by atoms with Gasteiger partial charge in [0.05, 0.1) is 12.3 Å². The lowest BCUT2D eigenvalue weighted by atomic mass is 10.5. The van der Waals surface area contributed by atoms with Crippen molar-refractivity contribution in [2.24, 2.45) is 0 Å². The molecule has 0 saturated carbocycles. The number of hydrogen-bond acceptors (Lipinski definition) is 4. The zero-order valence-electron chi connectivity index (χ0n) is 5.92. The van der Waals surface area contributed by atoms with Gasteiger partial charge in [0.2, 0.25) is 0 Å². The van der Waals surface area contributed by atoms with Gasteiger partial charge in [0.15, 0.2) is 0 Å². The summed E-state index contributed by atoms with van der Waals surface area (Å²) in [5.74, 6) is -0.132. The van der Waals surface area contributed by atoms with Crippen molar-refractivity contribution < 1.29 is 19.1 Å². The summed E-state index contributed by atoms with van der Waals surface area (Å²) in [6, 6.07) is 0. The van der Waals surface area contributed by atoms with E-state index in [1.165, 1.54) is 0 Å². The van der Waals surface area contributed by atoms with Gasteiger partial charge >= 0.3 is 5.97 Å². The standard InChI is InChI=1S/C6H9ClO4/c7-2-4-11-6(9)1-3-10-5-8/h5H,1-4H2. The largest absolute Gasteiger partial charge is 0.467 e. The monoisotopic (exact) mass is 180 g/mol. The highest BCUT2D eigenvalue weighted by Crippen LogP contribution is 1.87. The normalized spacial score (nSPS) is 8.82. The maximum atomic E-state index is 10.6. The molecule has 0 rings (SSSR count). The smallest absolute Gasteiger partial charge is 0.309 e. The van der Waals surface area contributed by atoms with Crippen molar-refractivity contribution in [2.45, 2.75) is 6.42 Å². The van der Waals surface area contributed by atoms with Crippen molar-refractivity contribution in [1.82, 2.24) is 0 Å². The van der Waals surface area contributed by atoms with Gasteiger partial charge in [-0.3, -0.25) is 9.59 Å². The zero-order valence-corrected chi connectivity index (χ0v) is 6.67. The molecule has 0 aromatic heterocycles. The average Bonchev–Trinajstić information content (AvgIpc) is 2.01. The minimum atomic E-state index is -0.410. The molecular weight excluding hydrogens is 172 g/mol. The molecule has 0 saturated heterocycles. The number of halogens is 1. The van der Waals surface area contributed by atoms with E-state index >= 15 is 0 Å². The molecule has 0 amide bonds. The molecule has 0 unspecified atom stereocenters. The molecule has 0 radical (unpaired) electrons. The summed E-state index contributed by atoms with van der Waals surface area (Å²) in [7, 11) is 0.